The molecule has 1 amide bonds. The highest BCUT2D eigenvalue weighted by Gasteiger charge is 2.32. The van der Waals surface area contributed by atoms with Crippen LogP contribution in [-0.2, 0) is 11.2 Å². The van der Waals surface area contributed by atoms with E-state index in [0.29, 0.717) is 12.3 Å². The number of nitrogens with zero attached hydrogens (tertiary/aromatic N) is 1. The monoisotopic (exact) mass is 401 g/mol. The summed E-state index contributed by atoms with van der Waals surface area (Å²) in [6, 6.07) is 10.4. The second-order valence-electron chi connectivity index (χ2n) is 9.07. The Morgan fingerprint density at radius 2 is 1.41 bits per heavy atom. The van der Waals surface area contributed by atoms with Gasteiger partial charge in [0.05, 0.1) is 6.04 Å². The van der Waals surface area contributed by atoms with Gasteiger partial charge in [-0.15, -0.1) is 0 Å². The predicted molar refractivity (Wildman–Crippen MR) is 121 cm³/mol. The van der Waals surface area contributed by atoms with E-state index in [4.69, 9.17) is 0 Å². The summed E-state index contributed by atoms with van der Waals surface area (Å²) in [5, 5.41) is 11.2. The molecule has 1 fully saturated rings. The van der Waals surface area contributed by atoms with Crippen LogP contribution in [0, 0.1) is 5.92 Å². The fraction of sp³-hybridized carbons (Fsp3) is 0.731. The summed E-state index contributed by atoms with van der Waals surface area (Å²) < 4.78 is 0. The largest absolute Gasteiger partial charge is 0.286 e. The Morgan fingerprint density at radius 3 is 2.00 bits per heavy atom. The van der Waals surface area contributed by atoms with E-state index in [2.05, 4.69) is 31.2 Å². The molecule has 1 aliphatic heterocycles. The van der Waals surface area contributed by atoms with Crippen molar-refractivity contribution in [2.45, 2.75) is 116 Å². The molecule has 0 unspecified atom stereocenters. The van der Waals surface area contributed by atoms with Crippen molar-refractivity contribution >= 4 is 5.91 Å². The minimum Gasteiger partial charge on any atom is -0.286 e. The van der Waals surface area contributed by atoms with E-state index < -0.39 is 0 Å². The molecule has 29 heavy (non-hydrogen) atoms. The number of hydroxylamine groups is 2. The number of benzene rings is 1. The highest BCUT2D eigenvalue weighted by Crippen LogP contribution is 2.29. The van der Waals surface area contributed by atoms with Crippen LogP contribution in [0.2, 0.25) is 0 Å². The molecule has 164 valence electrons. The standard InChI is InChI=1S/C26H43NO2/c1-2-3-4-5-6-7-8-9-10-11-12-16-19-25-21-24(22-26(28)27(25)29)20-23-17-14-13-15-18-23/h13-15,17-18,24-25,29H,2-12,16,19-22H2,1H3/t24-,25-/m0/s1. The molecule has 1 aromatic rings. The minimum atomic E-state index is -0.0962. The predicted octanol–water partition coefficient (Wildman–Crippen LogP) is 7.32. The smallest absolute Gasteiger partial charge is 0.246 e. The van der Waals surface area contributed by atoms with Crippen molar-refractivity contribution in [3.63, 3.8) is 0 Å². The first kappa shape index (κ1) is 23.9. The fourth-order valence-corrected chi connectivity index (χ4v) is 4.68. The van der Waals surface area contributed by atoms with Gasteiger partial charge in [-0.25, -0.2) is 5.06 Å². The van der Waals surface area contributed by atoms with Gasteiger partial charge in [-0.3, -0.25) is 10.0 Å². The number of piperidine rings is 1. The molecule has 1 aliphatic rings. The van der Waals surface area contributed by atoms with Gasteiger partial charge in [-0.05, 0) is 30.7 Å². The molecule has 0 radical (unpaired) electrons. The van der Waals surface area contributed by atoms with Gasteiger partial charge in [-0.2, -0.15) is 0 Å². The third kappa shape index (κ3) is 9.80. The normalized spacial score (nSPS) is 19.7. The molecule has 1 heterocycles. The number of unbranched alkanes of at least 4 members (excludes halogenated alkanes) is 11. The highest BCUT2D eigenvalue weighted by atomic mass is 16.5. The molecule has 0 aromatic heterocycles. The Labute approximate surface area is 178 Å². The maximum atomic E-state index is 12.2. The molecule has 0 saturated carbocycles. The van der Waals surface area contributed by atoms with Gasteiger partial charge in [0.15, 0.2) is 0 Å². The SMILES string of the molecule is CCCCCCCCCCCCCC[C@H]1C[C@H](Cc2ccccc2)CC(=O)N1O. The van der Waals surface area contributed by atoms with Crippen LogP contribution in [0.1, 0.15) is 109 Å². The molecule has 3 heteroatoms. The number of rotatable bonds is 15. The lowest BCUT2D eigenvalue weighted by atomic mass is 9.85. The molecular formula is C26H43NO2. The van der Waals surface area contributed by atoms with Gasteiger partial charge >= 0.3 is 0 Å². The van der Waals surface area contributed by atoms with E-state index in [1.807, 2.05) is 6.07 Å². The molecule has 0 spiro atoms. The summed E-state index contributed by atoms with van der Waals surface area (Å²) in [5.74, 6) is 0.261. The summed E-state index contributed by atoms with van der Waals surface area (Å²) in [5.41, 5.74) is 1.29. The third-order valence-corrected chi connectivity index (χ3v) is 6.43. The Hall–Kier alpha value is -1.35. The number of carbonyl (C=O) groups excluding carboxylic acids is 1. The van der Waals surface area contributed by atoms with Crippen molar-refractivity contribution in [2.24, 2.45) is 5.92 Å². The lowest BCUT2D eigenvalue weighted by molar-refractivity contribution is -0.186. The molecule has 3 nitrogen and oxygen atoms in total. The average molecular weight is 402 g/mol. The van der Waals surface area contributed by atoms with Crippen molar-refractivity contribution in [1.82, 2.24) is 5.06 Å². The molecular weight excluding hydrogens is 358 g/mol. The van der Waals surface area contributed by atoms with Crippen LogP contribution >= 0.6 is 0 Å². The summed E-state index contributed by atoms with van der Waals surface area (Å²) in [7, 11) is 0. The van der Waals surface area contributed by atoms with Crippen molar-refractivity contribution < 1.29 is 10.0 Å². The molecule has 1 aromatic carbocycles. The zero-order chi connectivity index (χ0) is 20.7. The van der Waals surface area contributed by atoms with Crippen LogP contribution in [0.25, 0.3) is 0 Å². The van der Waals surface area contributed by atoms with E-state index in [-0.39, 0.29) is 11.9 Å². The van der Waals surface area contributed by atoms with Gasteiger partial charge in [0.25, 0.3) is 0 Å². The third-order valence-electron chi connectivity index (χ3n) is 6.43. The van der Waals surface area contributed by atoms with E-state index in [1.165, 1.54) is 76.2 Å². The van der Waals surface area contributed by atoms with Crippen molar-refractivity contribution in [3.05, 3.63) is 35.9 Å². The summed E-state index contributed by atoms with van der Waals surface area (Å²) in [6.07, 6.45) is 19.3. The maximum Gasteiger partial charge on any atom is 0.246 e. The Bertz CT molecular complexity index is 545. The van der Waals surface area contributed by atoms with Gasteiger partial charge in [-0.1, -0.05) is 114 Å². The molecule has 1 N–H and O–H groups in total. The van der Waals surface area contributed by atoms with Crippen LogP contribution in [-0.4, -0.2) is 22.2 Å². The Morgan fingerprint density at radius 1 is 0.862 bits per heavy atom. The molecule has 0 bridgehead atoms. The van der Waals surface area contributed by atoms with Gasteiger partial charge in [0.2, 0.25) is 5.91 Å². The Kier molecular flexibility index (Phi) is 12.0. The van der Waals surface area contributed by atoms with Crippen LogP contribution in [0.15, 0.2) is 30.3 Å². The van der Waals surface area contributed by atoms with Crippen LogP contribution in [0.5, 0.6) is 0 Å². The molecule has 2 atom stereocenters. The van der Waals surface area contributed by atoms with E-state index in [1.54, 1.807) is 0 Å². The summed E-state index contributed by atoms with van der Waals surface area (Å²) in [4.78, 5) is 12.2. The van der Waals surface area contributed by atoms with E-state index >= 15 is 0 Å². The average Bonchev–Trinajstić information content (AvgIpc) is 2.73. The topological polar surface area (TPSA) is 40.5 Å². The fourth-order valence-electron chi connectivity index (χ4n) is 4.68. The second kappa shape index (κ2) is 14.6. The van der Waals surface area contributed by atoms with Crippen LogP contribution < -0.4 is 0 Å². The summed E-state index contributed by atoms with van der Waals surface area (Å²) >= 11 is 0. The minimum absolute atomic E-state index is 0.00748. The second-order valence-corrected chi connectivity index (χ2v) is 9.07. The van der Waals surface area contributed by atoms with Crippen LogP contribution in [0.4, 0.5) is 0 Å². The molecule has 2 rings (SSSR count). The van der Waals surface area contributed by atoms with Crippen molar-refractivity contribution in [2.75, 3.05) is 0 Å². The first-order chi connectivity index (χ1) is 14.2. The zero-order valence-corrected chi connectivity index (χ0v) is 18.7. The molecule has 0 aliphatic carbocycles. The lowest BCUT2D eigenvalue weighted by Gasteiger charge is -2.35. The highest BCUT2D eigenvalue weighted by molar-refractivity contribution is 5.76. The number of hydrogen-bond donors (Lipinski definition) is 1. The van der Waals surface area contributed by atoms with Gasteiger partial charge in [0, 0.05) is 6.42 Å². The van der Waals surface area contributed by atoms with Crippen LogP contribution in [0.3, 0.4) is 0 Å². The van der Waals surface area contributed by atoms with E-state index in [0.717, 1.165) is 30.7 Å². The van der Waals surface area contributed by atoms with Gasteiger partial charge in [0.1, 0.15) is 0 Å². The maximum absolute atomic E-state index is 12.2. The Balaban J connectivity index is 1.54. The first-order valence-electron chi connectivity index (χ1n) is 12.3. The lowest BCUT2D eigenvalue weighted by Crippen LogP contribution is -2.44. The van der Waals surface area contributed by atoms with Crippen molar-refractivity contribution in [1.29, 1.82) is 0 Å². The van der Waals surface area contributed by atoms with E-state index in [9.17, 15) is 10.0 Å². The first-order valence-corrected chi connectivity index (χ1v) is 12.3. The van der Waals surface area contributed by atoms with Crippen molar-refractivity contribution in [3.8, 4) is 0 Å². The summed E-state index contributed by atoms with van der Waals surface area (Å²) in [6.45, 7) is 2.27. The van der Waals surface area contributed by atoms with Gasteiger partial charge < -0.3 is 0 Å². The number of hydrogen-bond acceptors (Lipinski definition) is 2. The number of carbonyl (C=O) groups is 1. The zero-order valence-electron chi connectivity index (χ0n) is 18.7. The number of amides is 1. The molecule has 1 saturated heterocycles. The quantitative estimate of drug-likeness (QED) is 0.247.